The van der Waals surface area contributed by atoms with Gasteiger partial charge in [0.15, 0.2) is 0 Å². The second kappa shape index (κ2) is 7.49. The molecule has 0 unspecified atom stereocenters. The van der Waals surface area contributed by atoms with Crippen molar-refractivity contribution < 1.29 is 14.0 Å². The van der Waals surface area contributed by atoms with E-state index in [9.17, 15) is 9.18 Å². The first-order valence-corrected chi connectivity index (χ1v) is 8.89. The first-order chi connectivity index (χ1) is 12.0. The van der Waals surface area contributed by atoms with Gasteiger partial charge in [0.25, 0.3) is 5.91 Å². The molecule has 0 aliphatic carbocycles. The van der Waals surface area contributed by atoms with Gasteiger partial charge < -0.3 is 4.57 Å². The molecule has 0 aliphatic rings. The van der Waals surface area contributed by atoms with Crippen LogP contribution in [0.25, 0.3) is 11.0 Å². The van der Waals surface area contributed by atoms with Crippen LogP contribution in [0.2, 0.25) is 0 Å². The maximum absolute atomic E-state index is 14.3. The molecule has 5 nitrogen and oxygen atoms in total. The van der Waals surface area contributed by atoms with Crippen molar-refractivity contribution in [3.63, 3.8) is 0 Å². The van der Waals surface area contributed by atoms with Crippen molar-refractivity contribution in [2.45, 2.75) is 13.3 Å². The summed E-state index contributed by atoms with van der Waals surface area (Å²) in [6.07, 6.45) is 1.95. The molecule has 130 valence electrons. The zero-order valence-corrected chi connectivity index (χ0v) is 16.0. The molecule has 1 amide bonds. The second-order valence-corrected chi connectivity index (χ2v) is 6.78. The highest BCUT2D eigenvalue weighted by Gasteiger charge is 2.22. The first-order valence-electron chi connectivity index (χ1n) is 7.81. The van der Waals surface area contributed by atoms with Gasteiger partial charge >= 0.3 is 0 Å². The number of carbonyl (C=O) groups excluding carboxylic acids is 1. The van der Waals surface area contributed by atoms with E-state index in [0.717, 1.165) is 3.57 Å². The van der Waals surface area contributed by atoms with Gasteiger partial charge in [-0.2, -0.15) is 0 Å². The number of carbonyl (C=O) groups is 1. The molecular weight excluding hydrogens is 436 g/mol. The molecular formula is C18H17FIN3O2. The van der Waals surface area contributed by atoms with Gasteiger partial charge in [-0.25, -0.2) is 14.9 Å². The number of pyridine rings is 1. The average Bonchev–Trinajstić information content (AvgIpc) is 2.88. The minimum atomic E-state index is -0.360. The Hall–Kier alpha value is -2.00. The van der Waals surface area contributed by atoms with E-state index in [1.807, 2.05) is 23.7 Å². The van der Waals surface area contributed by atoms with Crippen LogP contribution in [0.4, 0.5) is 4.39 Å². The summed E-state index contributed by atoms with van der Waals surface area (Å²) in [5.41, 5.74) is 4.77. The van der Waals surface area contributed by atoms with Crippen LogP contribution in [0.15, 0.2) is 36.5 Å². The maximum Gasteiger partial charge on any atom is 0.277 e. The number of nitrogens with one attached hydrogen (secondary N) is 1. The Morgan fingerprint density at radius 3 is 2.92 bits per heavy atom. The lowest BCUT2D eigenvalue weighted by molar-refractivity contribution is 0.0365. The van der Waals surface area contributed by atoms with Gasteiger partial charge in [-0.05, 0) is 59.3 Å². The van der Waals surface area contributed by atoms with E-state index in [2.05, 4.69) is 33.1 Å². The first kappa shape index (κ1) is 17.8. The summed E-state index contributed by atoms with van der Waals surface area (Å²) in [4.78, 5) is 22.0. The van der Waals surface area contributed by atoms with Gasteiger partial charge in [-0.3, -0.25) is 9.63 Å². The zero-order chi connectivity index (χ0) is 18.0. The molecule has 0 fully saturated rings. The van der Waals surface area contributed by atoms with E-state index < -0.39 is 0 Å². The summed E-state index contributed by atoms with van der Waals surface area (Å²) >= 11 is 2.07. The van der Waals surface area contributed by atoms with Crippen molar-refractivity contribution in [1.82, 2.24) is 15.0 Å². The van der Waals surface area contributed by atoms with Gasteiger partial charge in [0.1, 0.15) is 11.5 Å². The van der Waals surface area contributed by atoms with Crippen LogP contribution in [-0.4, -0.2) is 22.1 Å². The molecule has 3 rings (SSSR count). The predicted molar refractivity (Wildman–Crippen MR) is 102 cm³/mol. The van der Waals surface area contributed by atoms with Crippen molar-refractivity contribution >= 4 is 39.5 Å². The SMILES string of the molecule is CCONC(=O)c1c(Cc2ccc(I)cc2F)n(C)c2ncccc12. The predicted octanol–water partition coefficient (Wildman–Crippen LogP) is 3.59. The van der Waals surface area contributed by atoms with Gasteiger partial charge in [-0.15, -0.1) is 0 Å². The molecule has 1 aromatic carbocycles. The number of hydrogen-bond donors (Lipinski definition) is 1. The van der Waals surface area contributed by atoms with Crippen LogP contribution in [0.3, 0.4) is 0 Å². The van der Waals surface area contributed by atoms with Gasteiger partial charge in [0.05, 0.1) is 12.2 Å². The Bertz CT molecular complexity index is 939. The van der Waals surface area contributed by atoms with Crippen molar-refractivity contribution in [3.8, 4) is 0 Å². The molecule has 3 aromatic rings. The molecule has 0 spiro atoms. The van der Waals surface area contributed by atoms with E-state index in [4.69, 9.17) is 4.84 Å². The molecule has 1 N–H and O–H groups in total. The highest BCUT2D eigenvalue weighted by Crippen LogP contribution is 2.27. The summed E-state index contributed by atoms with van der Waals surface area (Å²) in [6.45, 7) is 2.14. The van der Waals surface area contributed by atoms with Crippen molar-refractivity contribution in [3.05, 3.63) is 62.7 Å². The maximum atomic E-state index is 14.3. The molecule has 7 heteroatoms. The lowest BCUT2D eigenvalue weighted by Gasteiger charge is -2.09. The van der Waals surface area contributed by atoms with Crippen molar-refractivity contribution in [2.24, 2.45) is 7.05 Å². The minimum absolute atomic E-state index is 0.282. The number of hydrogen-bond acceptors (Lipinski definition) is 3. The lowest BCUT2D eigenvalue weighted by atomic mass is 10.0. The summed E-state index contributed by atoms with van der Waals surface area (Å²) in [6, 6.07) is 8.68. The molecule has 0 bridgehead atoms. The van der Waals surface area contributed by atoms with Crippen LogP contribution in [-0.2, 0) is 18.3 Å². The van der Waals surface area contributed by atoms with Crippen LogP contribution < -0.4 is 5.48 Å². The van der Waals surface area contributed by atoms with Gasteiger partial charge in [-0.1, -0.05) is 6.07 Å². The second-order valence-electron chi connectivity index (χ2n) is 5.53. The molecule has 0 radical (unpaired) electrons. The summed E-state index contributed by atoms with van der Waals surface area (Å²) in [7, 11) is 1.83. The third-order valence-corrected chi connectivity index (χ3v) is 4.65. The third kappa shape index (κ3) is 3.52. The molecule has 0 saturated heterocycles. The van der Waals surface area contributed by atoms with E-state index in [1.165, 1.54) is 6.07 Å². The minimum Gasteiger partial charge on any atom is -0.332 e. The molecule has 0 saturated carbocycles. The lowest BCUT2D eigenvalue weighted by Crippen LogP contribution is -2.24. The number of aryl methyl sites for hydroxylation is 1. The smallest absolute Gasteiger partial charge is 0.277 e. The highest BCUT2D eigenvalue weighted by molar-refractivity contribution is 14.1. The van der Waals surface area contributed by atoms with Crippen LogP contribution in [0.5, 0.6) is 0 Å². The number of halogens is 2. The molecule has 25 heavy (non-hydrogen) atoms. The third-order valence-electron chi connectivity index (χ3n) is 3.98. The summed E-state index contributed by atoms with van der Waals surface area (Å²) in [5, 5.41) is 0.711. The fraction of sp³-hybridized carbons (Fsp3) is 0.222. The quantitative estimate of drug-likeness (QED) is 0.475. The standard InChI is InChI=1S/C18H17FIN3O2/c1-3-25-22-18(24)16-13-5-4-8-21-17(13)23(2)15(16)9-11-6-7-12(20)10-14(11)19/h4-8,10H,3,9H2,1-2H3,(H,22,24). The number of fused-ring (bicyclic) bond motifs is 1. The van der Waals surface area contributed by atoms with Gasteiger partial charge in [0.2, 0.25) is 0 Å². The number of aromatic nitrogens is 2. The number of benzene rings is 1. The number of amides is 1. The number of hydroxylamine groups is 1. The van der Waals surface area contributed by atoms with Gasteiger partial charge in [0, 0.05) is 34.3 Å². The van der Waals surface area contributed by atoms with E-state index in [1.54, 1.807) is 25.3 Å². The van der Waals surface area contributed by atoms with Crippen LogP contribution in [0.1, 0.15) is 28.5 Å². The molecule has 0 aliphatic heterocycles. The Morgan fingerprint density at radius 2 is 2.20 bits per heavy atom. The Labute approximate surface area is 158 Å². The monoisotopic (exact) mass is 453 g/mol. The Kier molecular flexibility index (Phi) is 5.33. The topological polar surface area (TPSA) is 56.1 Å². The van der Waals surface area contributed by atoms with E-state index in [-0.39, 0.29) is 18.1 Å². The Balaban J connectivity index is 2.12. The van der Waals surface area contributed by atoms with Crippen molar-refractivity contribution in [1.29, 1.82) is 0 Å². The average molecular weight is 453 g/mol. The summed E-state index contributed by atoms with van der Waals surface area (Å²) < 4.78 is 17.0. The molecule has 2 heterocycles. The largest absolute Gasteiger partial charge is 0.332 e. The number of rotatable bonds is 5. The Morgan fingerprint density at radius 1 is 1.40 bits per heavy atom. The number of nitrogens with zero attached hydrogens (tertiary/aromatic N) is 2. The van der Waals surface area contributed by atoms with Crippen LogP contribution >= 0.6 is 22.6 Å². The highest BCUT2D eigenvalue weighted by atomic mass is 127. The fourth-order valence-electron chi connectivity index (χ4n) is 2.80. The summed E-state index contributed by atoms with van der Waals surface area (Å²) in [5.74, 6) is -0.650. The normalized spacial score (nSPS) is 11.0. The van der Waals surface area contributed by atoms with E-state index in [0.29, 0.717) is 34.5 Å². The molecule has 0 atom stereocenters. The fourth-order valence-corrected chi connectivity index (χ4v) is 3.26. The van der Waals surface area contributed by atoms with Crippen LogP contribution in [0, 0.1) is 9.39 Å². The molecule has 2 aromatic heterocycles. The zero-order valence-electron chi connectivity index (χ0n) is 13.8. The van der Waals surface area contributed by atoms with E-state index >= 15 is 0 Å². The van der Waals surface area contributed by atoms with Crippen molar-refractivity contribution in [2.75, 3.05) is 6.61 Å².